The Labute approximate surface area is 139 Å². The maximum absolute atomic E-state index is 11.2. The van der Waals surface area contributed by atoms with Gasteiger partial charge in [0.2, 0.25) is 0 Å². The standard InChI is InChI=1S/C15H27N5O2S/c1-12(7-9-23(5,21)22)19-15(16-2)18-11-13-6-8-17-14(10-13)20(3)4/h6,8,10,12H,7,9,11H2,1-5H3,(H2,16,18,19). The van der Waals surface area contributed by atoms with Crippen molar-refractivity contribution in [2.24, 2.45) is 4.99 Å². The van der Waals surface area contributed by atoms with Crippen LogP contribution in [0, 0.1) is 0 Å². The zero-order valence-corrected chi connectivity index (χ0v) is 15.3. The van der Waals surface area contributed by atoms with Gasteiger partial charge < -0.3 is 15.5 Å². The van der Waals surface area contributed by atoms with Gasteiger partial charge in [-0.15, -0.1) is 0 Å². The second kappa shape index (κ2) is 8.71. The number of nitrogens with zero attached hydrogens (tertiary/aromatic N) is 3. The van der Waals surface area contributed by atoms with E-state index in [1.54, 1.807) is 13.2 Å². The molecule has 1 aromatic rings. The van der Waals surface area contributed by atoms with Crippen molar-refractivity contribution in [3.63, 3.8) is 0 Å². The van der Waals surface area contributed by atoms with Crippen molar-refractivity contribution in [2.45, 2.75) is 25.9 Å². The summed E-state index contributed by atoms with van der Waals surface area (Å²) in [7, 11) is 2.64. The average Bonchev–Trinajstić information content (AvgIpc) is 2.49. The van der Waals surface area contributed by atoms with Crippen molar-refractivity contribution >= 4 is 21.6 Å². The largest absolute Gasteiger partial charge is 0.363 e. The van der Waals surface area contributed by atoms with Crippen LogP contribution in [0.5, 0.6) is 0 Å². The molecule has 1 unspecified atom stereocenters. The van der Waals surface area contributed by atoms with Gasteiger partial charge in [0, 0.05) is 46.2 Å². The number of aromatic nitrogens is 1. The first-order valence-corrected chi connectivity index (χ1v) is 9.54. The summed E-state index contributed by atoms with van der Waals surface area (Å²) in [5, 5.41) is 6.42. The monoisotopic (exact) mass is 341 g/mol. The molecule has 0 bridgehead atoms. The highest BCUT2D eigenvalue weighted by atomic mass is 32.2. The summed E-state index contributed by atoms with van der Waals surface area (Å²) in [5.41, 5.74) is 1.09. The van der Waals surface area contributed by atoms with Crippen LogP contribution >= 0.6 is 0 Å². The minimum atomic E-state index is -2.94. The molecular weight excluding hydrogens is 314 g/mol. The number of rotatable bonds is 7. The van der Waals surface area contributed by atoms with E-state index in [9.17, 15) is 8.42 Å². The number of hydrogen-bond donors (Lipinski definition) is 2. The van der Waals surface area contributed by atoms with Gasteiger partial charge in [-0.25, -0.2) is 13.4 Å². The second-order valence-electron chi connectivity index (χ2n) is 5.81. The minimum absolute atomic E-state index is 0.0192. The summed E-state index contributed by atoms with van der Waals surface area (Å²) < 4.78 is 22.4. The van der Waals surface area contributed by atoms with Crippen LogP contribution in [0.3, 0.4) is 0 Å². The summed E-state index contributed by atoms with van der Waals surface area (Å²) >= 11 is 0. The zero-order valence-electron chi connectivity index (χ0n) is 14.5. The smallest absolute Gasteiger partial charge is 0.191 e. The lowest BCUT2D eigenvalue weighted by Gasteiger charge is -2.18. The molecular formula is C15H27N5O2S. The molecule has 0 spiro atoms. The van der Waals surface area contributed by atoms with Gasteiger partial charge in [-0.2, -0.15) is 0 Å². The summed E-state index contributed by atoms with van der Waals surface area (Å²) in [4.78, 5) is 10.4. The quantitative estimate of drug-likeness (QED) is 0.559. The van der Waals surface area contributed by atoms with Crippen LogP contribution < -0.4 is 15.5 Å². The first kappa shape index (κ1) is 19.2. The second-order valence-corrected chi connectivity index (χ2v) is 8.07. The van der Waals surface area contributed by atoms with Crippen LogP contribution in [0.15, 0.2) is 23.3 Å². The van der Waals surface area contributed by atoms with E-state index in [2.05, 4.69) is 20.6 Å². The highest BCUT2D eigenvalue weighted by Gasteiger charge is 2.09. The molecule has 0 amide bonds. The number of pyridine rings is 1. The first-order valence-electron chi connectivity index (χ1n) is 7.48. The summed E-state index contributed by atoms with van der Waals surface area (Å²) in [6, 6.07) is 3.97. The number of anilines is 1. The van der Waals surface area contributed by atoms with E-state index in [0.717, 1.165) is 11.4 Å². The molecule has 0 saturated carbocycles. The van der Waals surface area contributed by atoms with Crippen molar-refractivity contribution in [2.75, 3.05) is 38.1 Å². The molecule has 23 heavy (non-hydrogen) atoms. The summed E-state index contributed by atoms with van der Waals surface area (Å²) in [6.45, 7) is 2.55. The molecule has 1 rings (SSSR count). The van der Waals surface area contributed by atoms with E-state index in [1.807, 2.05) is 38.1 Å². The third-order valence-electron chi connectivity index (χ3n) is 3.26. The topological polar surface area (TPSA) is 86.7 Å². The Bertz CT molecular complexity index is 629. The van der Waals surface area contributed by atoms with Crippen molar-refractivity contribution < 1.29 is 8.42 Å². The average molecular weight is 341 g/mol. The van der Waals surface area contributed by atoms with E-state index >= 15 is 0 Å². The lowest BCUT2D eigenvalue weighted by molar-refractivity contribution is 0.581. The van der Waals surface area contributed by atoms with E-state index in [4.69, 9.17) is 0 Å². The fourth-order valence-electron chi connectivity index (χ4n) is 1.89. The minimum Gasteiger partial charge on any atom is -0.363 e. The van der Waals surface area contributed by atoms with Crippen LogP contribution in [0.4, 0.5) is 5.82 Å². The SMILES string of the molecule is CN=C(NCc1ccnc(N(C)C)c1)NC(C)CCS(C)(=O)=O. The van der Waals surface area contributed by atoms with Gasteiger partial charge in [0.25, 0.3) is 0 Å². The van der Waals surface area contributed by atoms with Crippen LogP contribution in [-0.2, 0) is 16.4 Å². The Morgan fingerprint density at radius 2 is 2.13 bits per heavy atom. The molecule has 0 radical (unpaired) electrons. The normalized spacial score (nSPS) is 13.5. The van der Waals surface area contributed by atoms with E-state index in [1.165, 1.54) is 6.26 Å². The summed E-state index contributed by atoms with van der Waals surface area (Å²) in [6.07, 6.45) is 3.56. The fourth-order valence-corrected chi connectivity index (χ4v) is 2.67. The van der Waals surface area contributed by atoms with E-state index in [0.29, 0.717) is 18.9 Å². The predicted octanol–water partition coefficient (Wildman–Crippen LogP) is 0.636. The van der Waals surface area contributed by atoms with Crippen LogP contribution in [0.25, 0.3) is 0 Å². The molecule has 7 nitrogen and oxygen atoms in total. The van der Waals surface area contributed by atoms with Gasteiger partial charge in [-0.1, -0.05) is 0 Å². The maximum Gasteiger partial charge on any atom is 0.191 e. The van der Waals surface area contributed by atoms with Gasteiger partial charge in [0.05, 0.1) is 5.75 Å². The lowest BCUT2D eigenvalue weighted by Crippen LogP contribution is -2.42. The van der Waals surface area contributed by atoms with Crippen molar-refractivity contribution in [3.8, 4) is 0 Å². The molecule has 1 heterocycles. The molecule has 2 N–H and O–H groups in total. The molecule has 1 atom stereocenters. The molecule has 0 aromatic carbocycles. The zero-order chi connectivity index (χ0) is 17.5. The molecule has 0 aliphatic carbocycles. The van der Waals surface area contributed by atoms with Gasteiger partial charge in [-0.05, 0) is 31.0 Å². The third kappa shape index (κ3) is 7.83. The lowest BCUT2D eigenvalue weighted by atomic mass is 10.2. The fraction of sp³-hybridized carbons (Fsp3) is 0.600. The van der Waals surface area contributed by atoms with Crippen LogP contribution in [0.2, 0.25) is 0 Å². The highest BCUT2D eigenvalue weighted by molar-refractivity contribution is 7.90. The number of guanidine groups is 1. The van der Waals surface area contributed by atoms with Crippen LogP contribution in [0.1, 0.15) is 18.9 Å². The van der Waals surface area contributed by atoms with Gasteiger partial charge in [0.1, 0.15) is 15.7 Å². The number of hydrogen-bond acceptors (Lipinski definition) is 5. The Morgan fingerprint density at radius 3 is 2.70 bits per heavy atom. The van der Waals surface area contributed by atoms with Crippen LogP contribution in [-0.4, -0.2) is 58.6 Å². The Kier molecular flexibility index (Phi) is 7.28. The molecule has 0 saturated heterocycles. The molecule has 0 aliphatic heterocycles. The predicted molar refractivity (Wildman–Crippen MR) is 95.7 cm³/mol. The maximum atomic E-state index is 11.2. The number of sulfone groups is 1. The third-order valence-corrected chi connectivity index (χ3v) is 4.23. The number of nitrogens with one attached hydrogen (secondary N) is 2. The molecule has 0 aliphatic rings. The molecule has 130 valence electrons. The van der Waals surface area contributed by atoms with E-state index < -0.39 is 9.84 Å². The summed E-state index contributed by atoms with van der Waals surface area (Å²) in [5.74, 6) is 1.71. The first-order chi connectivity index (χ1) is 10.7. The molecule has 0 fully saturated rings. The van der Waals surface area contributed by atoms with Crippen molar-refractivity contribution in [1.29, 1.82) is 0 Å². The van der Waals surface area contributed by atoms with E-state index in [-0.39, 0.29) is 11.8 Å². The highest BCUT2D eigenvalue weighted by Crippen LogP contribution is 2.09. The van der Waals surface area contributed by atoms with Gasteiger partial charge >= 0.3 is 0 Å². The van der Waals surface area contributed by atoms with Gasteiger partial charge in [-0.3, -0.25) is 4.99 Å². The van der Waals surface area contributed by atoms with Crippen molar-refractivity contribution in [3.05, 3.63) is 23.9 Å². The van der Waals surface area contributed by atoms with Crippen molar-refractivity contribution in [1.82, 2.24) is 15.6 Å². The number of aliphatic imine (C=N–C) groups is 1. The Balaban J connectivity index is 2.52. The molecule has 1 aromatic heterocycles. The molecule has 8 heteroatoms. The van der Waals surface area contributed by atoms with Gasteiger partial charge in [0.15, 0.2) is 5.96 Å². The Hall–Kier alpha value is -1.83. The Morgan fingerprint density at radius 1 is 1.43 bits per heavy atom.